The lowest BCUT2D eigenvalue weighted by Crippen LogP contribution is -2.20. The van der Waals surface area contributed by atoms with E-state index in [4.69, 9.17) is 4.74 Å². The summed E-state index contributed by atoms with van der Waals surface area (Å²) in [6.07, 6.45) is 22.7. The van der Waals surface area contributed by atoms with Gasteiger partial charge in [0, 0.05) is 69.8 Å². The largest absolute Gasteiger partial charge is 0.480 e. The number of thioether (sulfide) groups is 1. The molecule has 0 aromatic heterocycles. The van der Waals surface area contributed by atoms with Crippen molar-refractivity contribution >= 4 is 11.8 Å². The summed E-state index contributed by atoms with van der Waals surface area (Å²) in [6, 6.07) is 5.80. The predicted molar refractivity (Wildman–Crippen MR) is 172 cm³/mol. The molecule has 0 unspecified atom stereocenters. The average molecular weight is 592 g/mol. The smallest absolute Gasteiger partial charge is 0.172 e. The second kappa shape index (κ2) is 13.5. The van der Waals surface area contributed by atoms with Gasteiger partial charge in [-0.3, -0.25) is 0 Å². The van der Waals surface area contributed by atoms with Crippen LogP contribution in [0.3, 0.4) is 0 Å². The molecule has 0 aromatic carbocycles. The van der Waals surface area contributed by atoms with E-state index in [1.165, 1.54) is 11.6 Å². The van der Waals surface area contributed by atoms with E-state index in [-0.39, 0.29) is 16.9 Å². The van der Waals surface area contributed by atoms with Gasteiger partial charge in [0.05, 0.1) is 0 Å². The Kier molecular flexibility index (Phi) is 9.76. The Hall–Kier alpha value is -4.78. The minimum Gasteiger partial charge on any atom is -0.480 e. The highest BCUT2D eigenvalue weighted by Gasteiger charge is 2.38. The number of allylic oxidation sites excluding steroid dienone is 13. The number of nitriles is 3. The highest BCUT2D eigenvalue weighted by Crippen LogP contribution is 2.40. The maximum absolute atomic E-state index is 9.84. The van der Waals surface area contributed by atoms with Crippen LogP contribution in [0.2, 0.25) is 0 Å². The third kappa shape index (κ3) is 7.17. The molecule has 0 aliphatic carbocycles. The minimum atomic E-state index is -0.855. The molecule has 0 bridgehead atoms. The van der Waals surface area contributed by atoms with Gasteiger partial charge in [0.1, 0.15) is 41.0 Å². The fourth-order valence-electron chi connectivity index (χ4n) is 5.17. The van der Waals surface area contributed by atoms with Crippen molar-refractivity contribution in [2.24, 2.45) is 0 Å². The number of hydrogen-bond acceptors (Lipinski definition) is 9. The van der Waals surface area contributed by atoms with Crippen molar-refractivity contribution < 1.29 is 4.74 Å². The molecule has 4 heterocycles. The van der Waals surface area contributed by atoms with Crippen molar-refractivity contribution in [1.82, 2.24) is 19.6 Å². The second-order valence-electron chi connectivity index (χ2n) is 11.1. The Morgan fingerprint density at radius 3 is 1.67 bits per heavy atom. The predicted octanol–water partition coefficient (Wildman–Crippen LogP) is 5.46. The Bertz CT molecular complexity index is 1490. The lowest BCUT2D eigenvalue weighted by atomic mass is 9.94. The summed E-state index contributed by atoms with van der Waals surface area (Å²) in [5, 5.41) is 28.5. The second-order valence-corrected chi connectivity index (χ2v) is 12.3. The first-order valence-corrected chi connectivity index (χ1v) is 14.9. The molecule has 0 spiro atoms. The van der Waals surface area contributed by atoms with Crippen molar-refractivity contribution in [1.29, 1.82) is 15.8 Å². The molecular formula is C34H37N7OS. The standard InChI is InChI=1S/C34H37N7OS/c1-34(2)30(29(24-37)33(42-34)26(22-35)23-36)13-7-10-25-20-27(11-8-14-31-38(3)16-17-39(31)4)43-28(21-25)12-9-15-32-40(5)18-19-41(32)6/h7-15,20-21H,16-19H2,1-6H3/b11-8+,12-9+,13-7+. The van der Waals surface area contributed by atoms with Gasteiger partial charge >= 0.3 is 0 Å². The van der Waals surface area contributed by atoms with Crippen molar-refractivity contribution in [3.8, 4) is 18.2 Å². The van der Waals surface area contributed by atoms with Crippen LogP contribution in [0.5, 0.6) is 0 Å². The highest BCUT2D eigenvalue weighted by molar-refractivity contribution is 8.07. The van der Waals surface area contributed by atoms with Crippen LogP contribution in [-0.2, 0) is 4.74 Å². The van der Waals surface area contributed by atoms with E-state index in [9.17, 15) is 15.8 Å². The number of rotatable bonds is 6. The summed E-state index contributed by atoms with van der Waals surface area (Å²) in [5.74, 6) is 2.42. The molecular weight excluding hydrogens is 554 g/mol. The lowest BCUT2D eigenvalue weighted by molar-refractivity contribution is 0.0954. The minimum absolute atomic E-state index is 0.0406. The highest BCUT2D eigenvalue weighted by atomic mass is 32.2. The molecule has 4 aliphatic rings. The molecule has 9 heteroatoms. The van der Waals surface area contributed by atoms with Gasteiger partial charge < -0.3 is 24.3 Å². The normalized spacial score (nSPS) is 20.2. The zero-order chi connectivity index (χ0) is 31.1. The molecule has 0 atom stereocenters. The van der Waals surface area contributed by atoms with Gasteiger partial charge in [0.25, 0.3) is 0 Å². The Balaban J connectivity index is 1.66. The van der Waals surface area contributed by atoms with Crippen molar-refractivity contribution in [2.75, 3.05) is 54.4 Å². The molecule has 0 radical (unpaired) electrons. The van der Waals surface area contributed by atoms with E-state index >= 15 is 0 Å². The third-order valence-corrected chi connectivity index (χ3v) is 8.57. The van der Waals surface area contributed by atoms with E-state index in [2.05, 4.69) is 102 Å². The molecule has 0 saturated carbocycles. The van der Waals surface area contributed by atoms with E-state index < -0.39 is 5.60 Å². The van der Waals surface area contributed by atoms with Gasteiger partial charge in [-0.25, -0.2) is 0 Å². The molecule has 0 N–H and O–H groups in total. The molecule has 2 saturated heterocycles. The zero-order valence-electron chi connectivity index (χ0n) is 25.6. The fraction of sp³-hybridized carbons (Fsp3) is 0.324. The van der Waals surface area contributed by atoms with Crippen LogP contribution < -0.4 is 0 Å². The first-order valence-electron chi connectivity index (χ1n) is 14.1. The number of likely N-dealkylation sites (N-methyl/N-ethyl adjacent to an activating group) is 4. The monoisotopic (exact) mass is 591 g/mol. The third-order valence-electron chi connectivity index (χ3n) is 7.59. The maximum Gasteiger partial charge on any atom is 0.172 e. The fourth-order valence-corrected chi connectivity index (χ4v) is 6.13. The SMILES string of the molecule is CN1CCN(C)C1=C/C=C/C1=CC(=C/C=C/C2=C(C#N)C(=C(C#N)C#N)OC2(C)C)C=C(/C=C/C=C2N(C)CCN2C)S1. The molecule has 220 valence electrons. The number of nitrogens with zero attached hydrogens (tertiary/aromatic N) is 7. The molecule has 4 rings (SSSR count). The van der Waals surface area contributed by atoms with E-state index in [0.29, 0.717) is 5.57 Å². The maximum atomic E-state index is 9.84. The van der Waals surface area contributed by atoms with Gasteiger partial charge in [-0.15, -0.1) is 0 Å². The van der Waals surface area contributed by atoms with Crippen LogP contribution in [0.25, 0.3) is 0 Å². The van der Waals surface area contributed by atoms with Gasteiger partial charge in [-0.2, -0.15) is 15.8 Å². The first-order chi connectivity index (χ1) is 20.6. The molecule has 0 amide bonds. The molecule has 43 heavy (non-hydrogen) atoms. The van der Waals surface area contributed by atoms with E-state index in [1.54, 1.807) is 11.8 Å². The van der Waals surface area contributed by atoms with Crippen molar-refractivity contribution in [2.45, 2.75) is 19.4 Å². The first kappa shape index (κ1) is 31.2. The van der Waals surface area contributed by atoms with Crippen LogP contribution in [0.1, 0.15) is 13.8 Å². The zero-order valence-corrected chi connectivity index (χ0v) is 26.4. The lowest BCUT2D eigenvalue weighted by Gasteiger charge is -2.20. The number of ether oxygens (including phenoxy) is 1. The van der Waals surface area contributed by atoms with Gasteiger partial charge in [-0.1, -0.05) is 42.1 Å². The molecule has 8 nitrogen and oxygen atoms in total. The van der Waals surface area contributed by atoms with Crippen LogP contribution >= 0.6 is 11.8 Å². The molecule has 2 fully saturated rings. The van der Waals surface area contributed by atoms with E-state index in [0.717, 1.165) is 41.6 Å². The summed E-state index contributed by atoms with van der Waals surface area (Å²) in [4.78, 5) is 11.2. The summed E-state index contributed by atoms with van der Waals surface area (Å²) in [6.45, 7) is 7.70. The molecule has 0 aromatic rings. The van der Waals surface area contributed by atoms with Gasteiger partial charge in [0.15, 0.2) is 11.3 Å². The number of hydrogen-bond donors (Lipinski definition) is 0. The van der Waals surface area contributed by atoms with Gasteiger partial charge in [-0.05, 0) is 55.9 Å². The summed E-state index contributed by atoms with van der Waals surface area (Å²) in [5.41, 5.74) is 0.772. The summed E-state index contributed by atoms with van der Waals surface area (Å²) in [7, 11) is 8.42. The van der Waals surface area contributed by atoms with Gasteiger partial charge in [0.2, 0.25) is 0 Å². The van der Waals surface area contributed by atoms with Crippen molar-refractivity contribution in [3.05, 3.63) is 116 Å². The van der Waals surface area contributed by atoms with Crippen LogP contribution in [-0.4, -0.2) is 79.6 Å². The van der Waals surface area contributed by atoms with E-state index in [1.807, 2.05) is 44.2 Å². The van der Waals surface area contributed by atoms with Crippen LogP contribution in [0.4, 0.5) is 0 Å². The quantitative estimate of drug-likeness (QED) is 0.373. The Morgan fingerprint density at radius 1 is 0.767 bits per heavy atom. The topological polar surface area (TPSA) is 93.6 Å². The van der Waals surface area contributed by atoms with Crippen LogP contribution in [0.15, 0.2) is 116 Å². The summed E-state index contributed by atoms with van der Waals surface area (Å²) >= 11 is 1.71. The Labute approximate surface area is 259 Å². The Morgan fingerprint density at radius 2 is 1.23 bits per heavy atom. The summed E-state index contributed by atoms with van der Waals surface area (Å²) < 4.78 is 5.88. The van der Waals surface area contributed by atoms with Crippen LogP contribution in [0, 0.1) is 34.0 Å². The molecule has 4 aliphatic heterocycles. The average Bonchev–Trinajstić information content (AvgIpc) is 3.56. The van der Waals surface area contributed by atoms with Crippen molar-refractivity contribution in [3.63, 3.8) is 0 Å².